The SMILES string of the molecule is COCCN1C[C@@H](CNC(=O)/C=C/c2ccccc2)CC1=O. The maximum absolute atomic E-state index is 11.8. The Hall–Kier alpha value is -2.14. The van der Waals surface area contributed by atoms with Crippen LogP contribution in [0.2, 0.25) is 0 Å². The molecule has 1 aromatic rings. The molecule has 22 heavy (non-hydrogen) atoms. The smallest absolute Gasteiger partial charge is 0.244 e. The van der Waals surface area contributed by atoms with Gasteiger partial charge in [-0.1, -0.05) is 30.3 Å². The Balaban J connectivity index is 1.73. The van der Waals surface area contributed by atoms with Crippen LogP contribution in [0.5, 0.6) is 0 Å². The van der Waals surface area contributed by atoms with Crippen molar-refractivity contribution in [1.82, 2.24) is 10.2 Å². The van der Waals surface area contributed by atoms with Crippen molar-refractivity contribution in [1.29, 1.82) is 0 Å². The van der Waals surface area contributed by atoms with E-state index >= 15 is 0 Å². The third kappa shape index (κ3) is 5.00. The Morgan fingerprint density at radius 1 is 1.41 bits per heavy atom. The average molecular weight is 302 g/mol. The summed E-state index contributed by atoms with van der Waals surface area (Å²) in [5, 5.41) is 2.86. The van der Waals surface area contributed by atoms with Gasteiger partial charge < -0.3 is 15.0 Å². The summed E-state index contributed by atoms with van der Waals surface area (Å²) in [4.78, 5) is 25.4. The van der Waals surface area contributed by atoms with Crippen LogP contribution in [0.1, 0.15) is 12.0 Å². The van der Waals surface area contributed by atoms with Crippen molar-refractivity contribution in [3.8, 4) is 0 Å². The molecule has 0 aliphatic carbocycles. The minimum atomic E-state index is -0.133. The Kier molecular flexibility index (Phi) is 6.15. The van der Waals surface area contributed by atoms with Crippen LogP contribution in [0, 0.1) is 5.92 Å². The first-order valence-electron chi connectivity index (χ1n) is 7.46. The van der Waals surface area contributed by atoms with Gasteiger partial charge >= 0.3 is 0 Å². The quantitative estimate of drug-likeness (QED) is 0.773. The van der Waals surface area contributed by atoms with Crippen LogP contribution in [0.3, 0.4) is 0 Å². The lowest BCUT2D eigenvalue weighted by Crippen LogP contribution is -2.31. The Bertz CT molecular complexity index is 528. The molecule has 0 saturated carbocycles. The number of hydrogen-bond donors (Lipinski definition) is 1. The molecule has 1 aliphatic rings. The highest BCUT2D eigenvalue weighted by Crippen LogP contribution is 2.16. The van der Waals surface area contributed by atoms with Crippen LogP contribution in [0.25, 0.3) is 6.08 Å². The summed E-state index contributed by atoms with van der Waals surface area (Å²) in [5.41, 5.74) is 0.986. The molecule has 0 unspecified atom stereocenters. The fourth-order valence-corrected chi connectivity index (χ4v) is 2.45. The van der Waals surface area contributed by atoms with Crippen molar-refractivity contribution >= 4 is 17.9 Å². The zero-order valence-electron chi connectivity index (χ0n) is 12.8. The summed E-state index contributed by atoms with van der Waals surface area (Å²) < 4.78 is 4.99. The van der Waals surface area contributed by atoms with Crippen LogP contribution in [-0.4, -0.2) is 50.1 Å². The number of nitrogens with zero attached hydrogens (tertiary/aromatic N) is 1. The molecule has 0 bridgehead atoms. The van der Waals surface area contributed by atoms with E-state index < -0.39 is 0 Å². The summed E-state index contributed by atoms with van der Waals surface area (Å²) in [6, 6.07) is 9.66. The molecule has 2 amide bonds. The molecule has 5 nitrogen and oxygen atoms in total. The van der Waals surface area contributed by atoms with Gasteiger partial charge in [-0.2, -0.15) is 0 Å². The zero-order valence-corrected chi connectivity index (χ0v) is 12.8. The molecular formula is C17H22N2O3. The number of ether oxygens (including phenoxy) is 1. The second-order valence-electron chi connectivity index (χ2n) is 5.39. The maximum atomic E-state index is 11.8. The van der Waals surface area contributed by atoms with Gasteiger partial charge in [-0.25, -0.2) is 0 Å². The number of benzene rings is 1. The highest BCUT2D eigenvalue weighted by Gasteiger charge is 2.28. The predicted octanol–water partition coefficient (Wildman–Crippen LogP) is 1.31. The van der Waals surface area contributed by atoms with E-state index in [0.717, 1.165) is 5.56 Å². The number of carbonyl (C=O) groups is 2. The van der Waals surface area contributed by atoms with E-state index in [1.165, 1.54) is 6.08 Å². The number of rotatable bonds is 7. The molecular weight excluding hydrogens is 280 g/mol. The monoisotopic (exact) mass is 302 g/mol. The number of methoxy groups -OCH3 is 1. The van der Waals surface area contributed by atoms with E-state index in [-0.39, 0.29) is 17.7 Å². The first kappa shape index (κ1) is 16.2. The van der Waals surface area contributed by atoms with Crippen LogP contribution in [0.15, 0.2) is 36.4 Å². The van der Waals surface area contributed by atoms with Crippen molar-refractivity contribution in [3.63, 3.8) is 0 Å². The second kappa shape index (κ2) is 8.34. The summed E-state index contributed by atoms with van der Waals surface area (Å²) >= 11 is 0. The van der Waals surface area contributed by atoms with E-state index in [4.69, 9.17) is 4.74 Å². The molecule has 1 aromatic carbocycles. The van der Waals surface area contributed by atoms with Gasteiger partial charge in [0.1, 0.15) is 0 Å². The number of hydrogen-bond acceptors (Lipinski definition) is 3. The summed E-state index contributed by atoms with van der Waals surface area (Å²) in [6.07, 6.45) is 3.79. The predicted molar refractivity (Wildman–Crippen MR) is 85.0 cm³/mol. The van der Waals surface area contributed by atoms with Crippen LogP contribution >= 0.6 is 0 Å². The van der Waals surface area contributed by atoms with E-state index in [9.17, 15) is 9.59 Å². The number of amides is 2. The van der Waals surface area contributed by atoms with Gasteiger partial charge in [-0.05, 0) is 11.6 Å². The average Bonchev–Trinajstić information content (AvgIpc) is 2.90. The van der Waals surface area contributed by atoms with Gasteiger partial charge in [0.05, 0.1) is 6.61 Å². The summed E-state index contributed by atoms with van der Waals surface area (Å²) in [5.74, 6) is 0.182. The second-order valence-corrected chi connectivity index (χ2v) is 5.39. The molecule has 5 heteroatoms. The summed E-state index contributed by atoms with van der Waals surface area (Å²) in [7, 11) is 1.62. The van der Waals surface area contributed by atoms with Gasteiger partial charge in [-0.15, -0.1) is 0 Å². The topological polar surface area (TPSA) is 58.6 Å². The number of nitrogens with one attached hydrogen (secondary N) is 1. The molecule has 118 valence electrons. The van der Waals surface area contributed by atoms with E-state index in [1.54, 1.807) is 18.1 Å². The third-order valence-electron chi connectivity index (χ3n) is 3.65. The highest BCUT2D eigenvalue weighted by molar-refractivity contribution is 5.91. The minimum Gasteiger partial charge on any atom is -0.383 e. The van der Waals surface area contributed by atoms with E-state index in [2.05, 4.69) is 5.32 Å². The molecule has 1 N–H and O–H groups in total. The van der Waals surface area contributed by atoms with Gasteiger partial charge in [0.15, 0.2) is 0 Å². The molecule has 1 atom stereocenters. The molecule has 1 aliphatic heterocycles. The molecule has 2 rings (SSSR count). The molecule has 0 aromatic heterocycles. The van der Waals surface area contributed by atoms with Crippen LogP contribution in [0.4, 0.5) is 0 Å². The van der Waals surface area contributed by atoms with Crippen molar-refractivity contribution in [3.05, 3.63) is 42.0 Å². The zero-order chi connectivity index (χ0) is 15.8. The number of likely N-dealkylation sites (tertiary alicyclic amines) is 1. The van der Waals surface area contributed by atoms with E-state index in [1.807, 2.05) is 30.3 Å². The third-order valence-corrected chi connectivity index (χ3v) is 3.65. The van der Waals surface area contributed by atoms with Crippen molar-refractivity contribution < 1.29 is 14.3 Å². The minimum absolute atomic E-state index is 0.133. The van der Waals surface area contributed by atoms with Crippen molar-refractivity contribution in [2.24, 2.45) is 5.92 Å². The molecule has 1 saturated heterocycles. The van der Waals surface area contributed by atoms with Crippen molar-refractivity contribution in [2.75, 3.05) is 33.4 Å². The van der Waals surface area contributed by atoms with Gasteiger partial charge in [0.2, 0.25) is 11.8 Å². The number of carbonyl (C=O) groups excluding carboxylic acids is 2. The molecule has 1 heterocycles. The van der Waals surface area contributed by atoms with E-state index in [0.29, 0.717) is 32.7 Å². The fraction of sp³-hybridized carbons (Fsp3) is 0.412. The largest absolute Gasteiger partial charge is 0.383 e. The van der Waals surface area contributed by atoms with Crippen LogP contribution < -0.4 is 5.32 Å². The van der Waals surface area contributed by atoms with Crippen molar-refractivity contribution in [2.45, 2.75) is 6.42 Å². The molecule has 0 radical (unpaired) electrons. The lowest BCUT2D eigenvalue weighted by molar-refractivity contribution is -0.128. The summed E-state index contributed by atoms with van der Waals surface area (Å²) in [6.45, 7) is 2.37. The standard InChI is InChI=1S/C17H22N2O3/c1-22-10-9-19-13-15(11-17(19)21)12-18-16(20)8-7-14-5-3-2-4-6-14/h2-8,15H,9-13H2,1H3,(H,18,20)/b8-7+/t15-/m1/s1. The Morgan fingerprint density at radius 2 is 2.18 bits per heavy atom. The fourth-order valence-electron chi connectivity index (χ4n) is 2.45. The first-order chi connectivity index (χ1) is 10.7. The maximum Gasteiger partial charge on any atom is 0.244 e. The highest BCUT2D eigenvalue weighted by atomic mass is 16.5. The van der Waals surface area contributed by atoms with Gasteiger partial charge in [-0.3, -0.25) is 9.59 Å². The lowest BCUT2D eigenvalue weighted by atomic mass is 10.1. The molecule has 0 spiro atoms. The lowest BCUT2D eigenvalue weighted by Gasteiger charge is -2.15. The Labute approximate surface area is 130 Å². The van der Waals surface area contributed by atoms with Crippen LogP contribution in [-0.2, 0) is 14.3 Å². The first-order valence-corrected chi connectivity index (χ1v) is 7.46. The van der Waals surface area contributed by atoms with Gasteiger partial charge in [0, 0.05) is 45.2 Å². The normalized spacial score (nSPS) is 18.1. The Morgan fingerprint density at radius 3 is 2.91 bits per heavy atom. The molecule has 1 fully saturated rings. The van der Waals surface area contributed by atoms with Gasteiger partial charge in [0.25, 0.3) is 0 Å².